The van der Waals surface area contributed by atoms with Crippen molar-refractivity contribution in [2.45, 2.75) is 20.0 Å². The van der Waals surface area contributed by atoms with Gasteiger partial charge in [0.25, 0.3) is 0 Å². The van der Waals surface area contributed by atoms with Gasteiger partial charge in [-0.1, -0.05) is 12.1 Å². The number of ketones is 1. The highest BCUT2D eigenvalue weighted by Gasteiger charge is 2.17. The van der Waals surface area contributed by atoms with Gasteiger partial charge in [0.15, 0.2) is 5.69 Å². The predicted molar refractivity (Wildman–Crippen MR) is 74.2 cm³/mol. The fourth-order valence-electron chi connectivity index (χ4n) is 1.75. The summed E-state index contributed by atoms with van der Waals surface area (Å²) in [6.07, 6.45) is 2.99. The molecule has 0 unspecified atom stereocenters. The summed E-state index contributed by atoms with van der Waals surface area (Å²) < 4.78 is 10.6. The monoisotopic (exact) mass is 272 g/mol. The van der Waals surface area contributed by atoms with Crippen LogP contribution in [0.1, 0.15) is 29.9 Å². The number of carbonyl (C=O) groups excluding carboxylic acids is 1. The Kier molecular flexibility index (Phi) is 4.30. The molecule has 0 aliphatic carbocycles. The highest BCUT2D eigenvalue weighted by Crippen LogP contribution is 2.20. The van der Waals surface area contributed by atoms with Crippen molar-refractivity contribution in [1.29, 1.82) is 0 Å². The van der Waals surface area contributed by atoms with Gasteiger partial charge in [0.05, 0.1) is 13.2 Å². The molecule has 1 aromatic carbocycles. The van der Waals surface area contributed by atoms with Gasteiger partial charge in [-0.15, -0.1) is 0 Å². The molecule has 0 N–H and O–H groups in total. The predicted octanol–water partition coefficient (Wildman–Crippen LogP) is 2.50. The van der Waals surface area contributed by atoms with Gasteiger partial charge in [-0.3, -0.25) is 4.79 Å². The van der Waals surface area contributed by atoms with Crippen LogP contribution in [0.15, 0.2) is 36.7 Å². The molecule has 5 nitrogen and oxygen atoms in total. The molecule has 0 aliphatic rings. The maximum atomic E-state index is 12.4. The van der Waals surface area contributed by atoms with E-state index in [4.69, 9.17) is 9.47 Å². The molecular weight excluding hydrogens is 256 g/mol. The molecule has 104 valence electrons. The van der Waals surface area contributed by atoms with Gasteiger partial charge in [-0.05, 0) is 26.0 Å². The topological polar surface area (TPSA) is 61.3 Å². The van der Waals surface area contributed by atoms with E-state index in [0.717, 1.165) is 0 Å². The van der Waals surface area contributed by atoms with Crippen molar-refractivity contribution in [1.82, 2.24) is 9.97 Å². The van der Waals surface area contributed by atoms with E-state index in [-0.39, 0.29) is 23.5 Å². The summed E-state index contributed by atoms with van der Waals surface area (Å²) in [4.78, 5) is 20.4. The zero-order valence-electron chi connectivity index (χ0n) is 11.7. The van der Waals surface area contributed by atoms with Gasteiger partial charge in [0.1, 0.15) is 5.75 Å². The van der Waals surface area contributed by atoms with E-state index < -0.39 is 0 Å². The highest BCUT2D eigenvalue weighted by molar-refractivity contribution is 6.09. The van der Waals surface area contributed by atoms with Crippen molar-refractivity contribution in [3.8, 4) is 11.6 Å². The Balaban J connectivity index is 2.33. The summed E-state index contributed by atoms with van der Waals surface area (Å²) in [6, 6.07) is 6.98. The fraction of sp³-hybridized carbons (Fsp3) is 0.267. The Hall–Kier alpha value is -2.43. The largest absolute Gasteiger partial charge is 0.491 e. The molecule has 20 heavy (non-hydrogen) atoms. The van der Waals surface area contributed by atoms with E-state index in [0.29, 0.717) is 11.3 Å². The average molecular weight is 272 g/mol. The third-order valence-electron chi connectivity index (χ3n) is 2.54. The SMILES string of the molecule is COc1nccnc1C(=O)c1cccc(OC(C)C)c1. The van der Waals surface area contributed by atoms with E-state index in [2.05, 4.69) is 9.97 Å². The van der Waals surface area contributed by atoms with Crippen LogP contribution in [0.3, 0.4) is 0 Å². The molecule has 0 spiro atoms. The lowest BCUT2D eigenvalue weighted by molar-refractivity contribution is 0.102. The molecule has 5 heteroatoms. The van der Waals surface area contributed by atoms with Crippen molar-refractivity contribution in [2.75, 3.05) is 7.11 Å². The van der Waals surface area contributed by atoms with Crippen LogP contribution in [0.5, 0.6) is 11.6 Å². The summed E-state index contributed by atoms with van der Waals surface area (Å²) >= 11 is 0. The molecule has 1 aromatic heterocycles. The van der Waals surface area contributed by atoms with Crippen LogP contribution in [0, 0.1) is 0 Å². The first-order chi connectivity index (χ1) is 9.61. The maximum Gasteiger partial charge on any atom is 0.243 e. The second-order valence-corrected chi connectivity index (χ2v) is 4.44. The number of hydrogen-bond acceptors (Lipinski definition) is 5. The van der Waals surface area contributed by atoms with Gasteiger partial charge in [-0.25, -0.2) is 9.97 Å². The molecule has 0 atom stereocenters. The minimum Gasteiger partial charge on any atom is -0.491 e. The number of carbonyl (C=O) groups is 1. The number of methoxy groups -OCH3 is 1. The van der Waals surface area contributed by atoms with Crippen molar-refractivity contribution < 1.29 is 14.3 Å². The van der Waals surface area contributed by atoms with Crippen LogP contribution in [0.4, 0.5) is 0 Å². The fourth-order valence-corrected chi connectivity index (χ4v) is 1.75. The van der Waals surface area contributed by atoms with Crippen molar-refractivity contribution in [2.24, 2.45) is 0 Å². The highest BCUT2D eigenvalue weighted by atomic mass is 16.5. The Bertz CT molecular complexity index is 612. The normalized spacial score (nSPS) is 10.4. The third kappa shape index (κ3) is 3.12. The molecule has 0 fully saturated rings. The number of aromatic nitrogens is 2. The van der Waals surface area contributed by atoms with E-state index in [9.17, 15) is 4.79 Å². The second-order valence-electron chi connectivity index (χ2n) is 4.44. The van der Waals surface area contributed by atoms with Gasteiger partial charge in [0, 0.05) is 18.0 Å². The molecule has 2 rings (SSSR count). The molecule has 0 amide bonds. The van der Waals surface area contributed by atoms with Crippen molar-refractivity contribution in [3.63, 3.8) is 0 Å². The zero-order chi connectivity index (χ0) is 14.5. The quantitative estimate of drug-likeness (QED) is 0.783. The summed E-state index contributed by atoms with van der Waals surface area (Å²) in [5.41, 5.74) is 0.679. The van der Waals surface area contributed by atoms with E-state index >= 15 is 0 Å². The molecule has 0 bridgehead atoms. The minimum absolute atomic E-state index is 0.0476. The first kappa shape index (κ1) is 14.0. The number of ether oxygens (including phenoxy) is 2. The summed E-state index contributed by atoms with van der Waals surface area (Å²) in [6.45, 7) is 3.86. The summed E-state index contributed by atoms with van der Waals surface area (Å²) in [7, 11) is 1.46. The average Bonchev–Trinajstić information content (AvgIpc) is 2.46. The van der Waals surface area contributed by atoms with Crippen LogP contribution < -0.4 is 9.47 Å². The molecule has 1 heterocycles. The van der Waals surface area contributed by atoms with Crippen LogP contribution in [-0.4, -0.2) is 29.0 Å². The lowest BCUT2D eigenvalue weighted by Gasteiger charge is -2.10. The van der Waals surface area contributed by atoms with E-state index in [1.165, 1.54) is 19.5 Å². The van der Waals surface area contributed by atoms with E-state index in [1.54, 1.807) is 18.2 Å². The Morgan fingerprint density at radius 1 is 1.20 bits per heavy atom. The Morgan fingerprint density at radius 3 is 2.65 bits per heavy atom. The Labute approximate surface area is 117 Å². The molecule has 0 radical (unpaired) electrons. The number of benzene rings is 1. The molecule has 2 aromatic rings. The number of hydrogen-bond donors (Lipinski definition) is 0. The summed E-state index contributed by atoms with van der Waals surface area (Å²) in [5.74, 6) is 0.616. The van der Waals surface area contributed by atoms with Crippen LogP contribution >= 0.6 is 0 Å². The molecule has 0 saturated carbocycles. The van der Waals surface area contributed by atoms with E-state index in [1.807, 2.05) is 19.9 Å². The lowest BCUT2D eigenvalue weighted by atomic mass is 10.1. The smallest absolute Gasteiger partial charge is 0.243 e. The van der Waals surface area contributed by atoms with Gasteiger partial charge >= 0.3 is 0 Å². The molecular formula is C15H16N2O3. The first-order valence-electron chi connectivity index (χ1n) is 6.28. The summed E-state index contributed by atoms with van der Waals surface area (Å²) in [5, 5.41) is 0. The van der Waals surface area contributed by atoms with Crippen LogP contribution in [-0.2, 0) is 0 Å². The van der Waals surface area contributed by atoms with Crippen molar-refractivity contribution >= 4 is 5.78 Å². The molecule has 0 saturated heterocycles. The van der Waals surface area contributed by atoms with Gasteiger partial charge < -0.3 is 9.47 Å². The molecule has 0 aliphatic heterocycles. The Morgan fingerprint density at radius 2 is 1.95 bits per heavy atom. The minimum atomic E-state index is -0.246. The lowest BCUT2D eigenvalue weighted by Crippen LogP contribution is -2.09. The number of rotatable bonds is 5. The van der Waals surface area contributed by atoms with Crippen molar-refractivity contribution in [3.05, 3.63) is 47.9 Å². The van der Waals surface area contributed by atoms with Gasteiger partial charge in [0.2, 0.25) is 11.7 Å². The van der Waals surface area contributed by atoms with Crippen LogP contribution in [0.25, 0.3) is 0 Å². The third-order valence-corrected chi connectivity index (χ3v) is 2.54. The zero-order valence-corrected chi connectivity index (χ0v) is 11.7. The van der Waals surface area contributed by atoms with Crippen LogP contribution in [0.2, 0.25) is 0 Å². The standard InChI is InChI=1S/C15H16N2O3/c1-10(2)20-12-6-4-5-11(9-12)14(18)13-15(19-3)17-8-7-16-13/h4-10H,1-3H3. The second kappa shape index (κ2) is 6.14. The first-order valence-corrected chi connectivity index (χ1v) is 6.28. The number of nitrogens with zero attached hydrogens (tertiary/aromatic N) is 2. The maximum absolute atomic E-state index is 12.4. The van der Waals surface area contributed by atoms with Gasteiger partial charge in [-0.2, -0.15) is 0 Å².